The fraction of sp³-hybridized carbons (Fsp3) is 0.786. The van der Waals surface area contributed by atoms with Gasteiger partial charge < -0.3 is 14.9 Å². The van der Waals surface area contributed by atoms with Crippen LogP contribution < -0.4 is 0 Å². The average Bonchev–Trinajstić information content (AvgIpc) is 2.47. The molecule has 2 amide bonds. The Morgan fingerprint density at radius 3 is 2.65 bits per heavy atom. The van der Waals surface area contributed by atoms with Gasteiger partial charge in [-0.3, -0.25) is 4.79 Å². The summed E-state index contributed by atoms with van der Waals surface area (Å²) in [7, 11) is 0. The summed E-state index contributed by atoms with van der Waals surface area (Å²) in [5, 5.41) is 18.0. The number of piperidine rings is 1. The quantitative estimate of drug-likeness (QED) is 0.834. The number of nitriles is 1. The van der Waals surface area contributed by atoms with Crippen molar-refractivity contribution in [1.29, 1.82) is 5.26 Å². The number of carboxylic acids is 1. The Kier molecular flexibility index (Phi) is 5.81. The van der Waals surface area contributed by atoms with Crippen LogP contribution in [-0.2, 0) is 4.79 Å². The van der Waals surface area contributed by atoms with Gasteiger partial charge in [-0.2, -0.15) is 5.26 Å². The Balaban J connectivity index is 2.77. The predicted octanol–water partition coefficient (Wildman–Crippen LogP) is 1.92. The second-order valence-electron chi connectivity index (χ2n) is 5.23. The number of likely N-dealkylation sites (tertiary alicyclic amines) is 1. The maximum absolute atomic E-state index is 12.4. The maximum Gasteiger partial charge on any atom is 0.320 e. The van der Waals surface area contributed by atoms with E-state index in [4.69, 9.17) is 5.26 Å². The van der Waals surface area contributed by atoms with Crippen LogP contribution in [0.2, 0.25) is 0 Å². The van der Waals surface area contributed by atoms with Crippen LogP contribution in [0.1, 0.15) is 39.5 Å². The molecule has 0 saturated carbocycles. The summed E-state index contributed by atoms with van der Waals surface area (Å²) in [6.07, 6.45) is 2.15. The minimum absolute atomic E-state index is 0.151. The standard InChI is InChI=1S/C14H23N3O3/c1-3-14(12(18)19)7-5-9-17(11-14)13(20)16(4-2)10-6-8-15/h3-7,9-11H2,1-2H3,(H,18,19). The summed E-state index contributed by atoms with van der Waals surface area (Å²) in [4.78, 5) is 27.1. The van der Waals surface area contributed by atoms with Gasteiger partial charge in [0, 0.05) is 26.2 Å². The highest BCUT2D eigenvalue weighted by Gasteiger charge is 2.42. The van der Waals surface area contributed by atoms with E-state index in [-0.39, 0.29) is 12.6 Å². The van der Waals surface area contributed by atoms with Gasteiger partial charge >= 0.3 is 12.0 Å². The number of carboxylic acid groups (broad SMARTS) is 1. The smallest absolute Gasteiger partial charge is 0.320 e. The van der Waals surface area contributed by atoms with Gasteiger partial charge in [0.05, 0.1) is 17.9 Å². The molecule has 1 unspecified atom stereocenters. The van der Waals surface area contributed by atoms with Crippen LogP contribution >= 0.6 is 0 Å². The zero-order chi connectivity index (χ0) is 15.2. The topological polar surface area (TPSA) is 84.6 Å². The van der Waals surface area contributed by atoms with E-state index in [1.54, 1.807) is 9.80 Å². The largest absolute Gasteiger partial charge is 0.481 e. The second kappa shape index (κ2) is 7.13. The molecule has 0 radical (unpaired) electrons. The van der Waals surface area contributed by atoms with Crippen molar-refractivity contribution < 1.29 is 14.7 Å². The van der Waals surface area contributed by atoms with E-state index in [9.17, 15) is 14.7 Å². The number of aliphatic carboxylic acids is 1. The van der Waals surface area contributed by atoms with Gasteiger partial charge in [0.15, 0.2) is 0 Å². The maximum atomic E-state index is 12.4. The zero-order valence-corrected chi connectivity index (χ0v) is 12.3. The van der Waals surface area contributed by atoms with Crippen LogP contribution in [0.3, 0.4) is 0 Å². The zero-order valence-electron chi connectivity index (χ0n) is 12.3. The van der Waals surface area contributed by atoms with Crippen molar-refractivity contribution in [3.05, 3.63) is 0 Å². The Hall–Kier alpha value is -1.77. The number of amides is 2. The molecule has 1 heterocycles. The summed E-state index contributed by atoms with van der Waals surface area (Å²) < 4.78 is 0. The molecular weight excluding hydrogens is 258 g/mol. The van der Waals surface area contributed by atoms with Crippen LogP contribution in [-0.4, -0.2) is 53.1 Å². The molecule has 6 nitrogen and oxygen atoms in total. The molecule has 1 N–H and O–H groups in total. The molecule has 0 aromatic carbocycles. The van der Waals surface area contributed by atoms with Gasteiger partial charge in [-0.25, -0.2) is 4.79 Å². The SMILES string of the molecule is CCN(CCC#N)C(=O)N1CCCC(CC)(C(=O)O)C1. The van der Waals surface area contributed by atoms with Crippen molar-refractivity contribution >= 4 is 12.0 Å². The Labute approximate surface area is 120 Å². The fourth-order valence-corrected chi connectivity index (χ4v) is 2.68. The highest BCUT2D eigenvalue weighted by atomic mass is 16.4. The number of hydrogen-bond donors (Lipinski definition) is 1. The molecule has 0 spiro atoms. The lowest BCUT2D eigenvalue weighted by atomic mass is 9.78. The molecule has 0 aliphatic carbocycles. The van der Waals surface area contributed by atoms with E-state index >= 15 is 0 Å². The third-order valence-corrected chi connectivity index (χ3v) is 4.12. The van der Waals surface area contributed by atoms with E-state index < -0.39 is 11.4 Å². The van der Waals surface area contributed by atoms with E-state index in [1.807, 2.05) is 19.9 Å². The number of rotatable bonds is 5. The van der Waals surface area contributed by atoms with Crippen molar-refractivity contribution in [3.63, 3.8) is 0 Å². The monoisotopic (exact) mass is 281 g/mol. The van der Waals surface area contributed by atoms with Gasteiger partial charge in [-0.1, -0.05) is 6.92 Å². The molecule has 1 fully saturated rings. The third-order valence-electron chi connectivity index (χ3n) is 4.12. The summed E-state index contributed by atoms with van der Waals surface area (Å²) in [5.74, 6) is -0.822. The highest BCUT2D eigenvalue weighted by Crippen LogP contribution is 2.34. The number of nitrogens with zero attached hydrogens (tertiary/aromatic N) is 3. The number of carbonyl (C=O) groups excluding carboxylic acids is 1. The highest BCUT2D eigenvalue weighted by molar-refractivity contribution is 5.78. The van der Waals surface area contributed by atoms with Crippen molar-refractivity contribution in [2.75, 3.05) is 26.2 Å². The molecule has 1 aliphatic rings. The summed E-state index contributed by atoms with van der Waals surface area (Å²) in [6, 6.07) is 1.88. The second-order valence-corrected chi connectivity index (χ2v) is 5.23. The predicted molar refractivity (Wildman–Crippen MR) is 74.0 cm³/mol. The van der Waals surface area contributed by atoms with Gasteiger partial charge in [-0.15, -0.1) is 0 Å². The van der Waals surface area contributed by atoms with Crippen LogP contribution in [0.4, 0.5) is 4.79 Å². The lowest BCUT2D eigenvalue weighted by Gasteiger charge is -2.41. The van der Waals surface area contributed by atoms with Crippen LogP contribution in [0, 0.1) is 16.7 Å². The molecule has 1 aliphatic heterocycles. The van der Waals surface area contributed by atoms with E-state index in [2.05, 4.69) is 0 Å². The summed E-state index contributed by atoms with van der Waals surface area (Å²) >= 11 is 0. The molecular formula is C14H23N3O3. The Morgan fingerprint density at radius 1 is 1.45 bits per heavy atom. The molecule has 1 atom stereocenters. The van der Waals surface area contributed by atoms with Crippen molar-refractivity contribution in [1.82, 2.24) is 9.80 Å². The molecule has 1 saturated heterocycles. The van der Waals surface area contributed by atoms with Gasteiger partial charge in [0.1, 0.15) is 0 Å². The van der Waals surface area contributed by atoms with Crippen molar-refractivity contribution in [2.45, 2.75) is 39.5 Å². The molecule has 1 rings (SSSR count). The Bertz CT molecular complexity index is 405. The number of urea groups is 1. The molecule has 0 aromatic heterocycles. The Morgan fingerprint density at radius 2 is 2.15 bits per heavy atom. The summed E-state index contributed by atoms with van der Waals surface area (Å²) in [6.45, 7) is 5.51. The minimum atomic E-state index is -0.822. The average molecular weight is 281 g/mol. The summed E-state index contributed by atoms with van der Waals surface area (Å²) in [5.41, 5.74) is -0.817. The molecule has 6 heteroatoms. The number of hydrogen-bond acceptors (Lipinski definition) is 3. The molecule has 0 bridgehead atoms. The van der Waals surface area contributed by atoms with Gasteiger partial charge in [0.25, 0.3) is 0 Å². The van der Waals surface area contributed by atoms with Crippen LogP contribution in [0.25, 0.3) is 0 Å². The normalized spacial score (nSPS) is 22.1. The first kappa shape index (κ1) is 16.3. The molecule has 20 heavy (non-hydrogen) atoms. The van der Waals surface area contributed by atoms with E-state index in [1.165, 1.54) is 0 Å². The first-order chi connectivity index (χ1) is 9.50. The molecule has 0 aromatic rings. The van der Waals surface area contributed by atoms with Crippen molar-refractivity contribution in [2.24, 2.45) is 5.41 Å². The molecule has 112 valence electrons. The van der Waals surface area contributed by atoms with Gasteiger partial charge in [-0.05, 0) is 26.2 Å². The lowest BCUT2D eigenvalue weighted by molar-refractivity contribution is -0.152. The minimum Gasteiger partial charge on any atom is -0.481 e. The van der Waals surface area contributed by atoms with Crippen LogP contribution in [0.5, 0.6) is 0 Å². The number of carbonyl (C=O) groups is 2. The van der Waals surface area contributed by atoms with E-state index in [0.717, 1.165) is 0 Å². The lowest BCUT2D eigenvalue weighted by Crippen LogP contribution is -2.53. The van der Waals surface area contributed by atoms with Crippen molar-refractivity contribution in [3.8, 4) is 6.07 Å². The fourth-order valence-electron chi connectivity index (χ4n) is 2.68. The first-order valence-electron chi connectivity index (χ1n) is 7.15. The third kappa shape index (κ3) is 3.41. The van der Waals surface area contributed by atoms with Gasteiger partial charge in [0.2, 0.25) is 0 Å². The first-order valence-corrected chi connectivity index (χ1v) is 7.15. The van der Waals surface area contributed by atoms with Crippen LogP contribution in [0.15, 0.2) is 0 Å². The van der Waals surface area contributed by atoms with E-state index in [0.29, 0.717) is 45.3 Å².